The number of aryl methyl sites for hydroxylation is 1. The molecule has 1 saturated heterocycles. The first-order chi connectivity index (χ1) is 8.36. The molecule has 0 amide bonds. The lowest BCUT2D eigenvalue weighted by Gasteiger charge is -2.29. The van der Waals surface area contributed by atoms with Crippen LogP contribution >= 0.6 is 11.8 Å². The van der Waals surface area contributed by atoms with Crippen LogP contribution in [0.5, 0.6) is 0 Å². The molecule has 96 valence electrons. The second-order valence-corrected chi connectivity index (χ2v) is 6.00. The van der Waals surface area contributed by atoms with E-state index in [9.17, 15) is 0 Å². The highest BCUT2D eigenvalue weighted by Crippen LogP contribution is 2.34. The van der Waals surface area contributed by atoms with Gasteiger partial charge in [-0.3, -0.25) is 0 Å². The number of nitrogens with one attached hydrogen (secondary N) is 1. The maximum absolute atomic E-state index is 4.57. The number of rotatable bonds is 5. The highest BCUT2D eigenvalue weighted by molar-refractivity contribution is 8.00. The lowest BCUT2D eigenvalue weighted by molar-refractivity contribution is 0.469. The Balaban J connectivity index is 2.12. The van der Waals surface area contributed by atoms with Crippen LogP contribution in [-0.4, -0.2) is 27.6 Å². The number of aromatic nitrogens is 2. The van der Waals surface area contributed by atoms with E-state index in [1.54, 1.807) is 0 Å². The fourth-order valence-corrected chi connectivity index (χ4v) is 4.00. The second kappa shape index (κ2) is 6.45. The van der Waals surface area contributed by atoms with Gasteiger partial charge in [0, 0.05) is 24.2 Å². The van der Waals surface area contributed by atoms with E-state index in [0.29, 0.717) is 11.3 Å². The third kappa shape index (κ3) is 3.05. The van der Waals surface area contributed by atoms with Crippen LogP contribution < -0.4 is 5.32 Å². The summed E-state index contributed by atoms with van der Waals surface area (Å²) in [7, 11) is 2.06. The standard InChI is InChI=1S/C13H23N3S/c1-3-8-16-9-7-15-13(16)12(14-2)11-6-4-5-10-17-11/h7,9,11-12,14H,3-6,8,10H2,1-2H3. The van der Waals surface area contributed by atoms with Gasteiger partial charge in [0.25, 0.3) is 0 Å². The van der Waals surface area contributed by atoms with Crippen molar-refractivity contribution < 1.29 is 0 Å². The molecule has 1 aromatic rings. The van der Waals surface area contributed by atoms with Crippen molar-refractivity contribution in [2.45, 2.75) is 50.4 Å². The normalized spacial score (nSPS) is 22.6. The van der Waals surface area contributed by atoms with E-state index in [-0.39, 0.29) is 0 Å². The van der Waals surface area contributed by atoms with Gasteiger partial charge in [0.1, 0.15) is 5.82 Å². The van der Waals surface area contributed by atoms with E-state index < -0.39 is 0 Å². The van der Waals surface area contributed by atoms with Crippen LogP contribution in [0, 0.1) is 0 Å². The maximum Gasteiger partial charge on any atom is 0.126 e. The van der Waals surface area contributed by atoms with Crippen molar-refractivity contribution in [3.8, 4) is 0 Å². The summed E-state index contributed by atoms with van der Waals surface area (Å²) in [5, 5.41) is 4.16. The first-order valence-electron chi connectivity index (χ1n) is 6.66. The zero-order valence-electron chi connectivity index (χ0n) is 10.9. The molecule has 0 aromatic carbocycles. The molecule has 0 aliphatic carbocycles. The fraction of sp³-hybridized carbons (Fsp3) is 0.769. The largest absolute Gasteiger partial charge is 0.334 e. The molecule has 2 atom stereocenters. The topological polar surface area (TPSA) is 29.9 Å². The van der Waals surface area contributed by atoms with Gasteiger partial charge in [0.2, 0.25) is 0 Å². The summed E-state index contributed by atoms with van der Waals surface area (Å²) in [6, 6.07) is 0.404. The van der Waals surface area contributed by atoms with Gasteiger partial charge in [-0.1, -0.05) is 13.3 Å². The third-order valence-electron chi connectivity index (χ3n) is 3.39. The number of thioether (sulfide) groups is 1. The summed E-state index contributed by atoms with van der Waals surface area (Å²) < 4.78 is 2.30. The molecule has 17 heavy (non-hydrogen) atoms. The molecule has 4 heteroatoms. The summed E-state index contributed by atoms with van der Waals surface area (Å²) in [6.45, 7) is 3.29. The molecule has 1 N–H and O–H groups in total. The number of imidazole rings is 1. The Morgan fingerprint density at radius 2 is 2.47 bits per heavy atom. The molecule has 1 aliphatic heterocycles. The molecule has 2 heterocycles. The molecular weight excluding hydrogens is 230 g/mol. The van der Waals surface area contributed by atoms with Crippen molar-refractivity contribution >= 4 is 11.8 Å². The van der Waals surface area contributed by atoms with Crippen molar-refractivity contribution in [1.29, 1.82) is 0 Å². The summed E-state index contributed by atoms with van der Waals surface area (Å²) in [4.78, 5) is 4.57. The molecule has 1 aliphatic rings. The quantitative estimate of drug-likeness (QED) is 0.875. The monoisotopic (exact) mass is 253 g/mol. The van der Waals surface area contributed by atoms with Crippen LogP contribution in [0.2, 0.25) is 0 Å². The Morgan fingerprint density at radius 1 is 1.59 bits per heavy atom. The van der Waals surface area contributed by atoms with Crippen molar-refractivity contribution in [1.82, 2.24) is 14.9 Å². The Kier molecular flexibility index (Phi) is 4.92. The van der Waals surface area contributed by atoms with Crippen LogP contribution in [0.3, 0.4) is 0 Å². The zero-order chi connectivity index (χ0) is 12.1. The summed E-state index contributed by atoms with van der Waals surface area (Å²) in [5.41, 5.74) is 0. The Bertz CT molecular complexity index is 331. The Labute approximate surface area is 108 Å². The minimum absolute atomic E-state index is 0.404. The third-order valence-corrected chi connectivity index (χ3v) is 4.85. The minimum Gasteiger partial charge on any atom is -0.334 e. The molecular formula is C13H23N3S. The molecule has 1 aromatic heterocycles. The summed E-state index contributed by atoms with van der Waals surface area (Å²) in [5.74, 6) is 2.52. The fourth-order valence-electron chi connectivity index (χ4n) is 2.54. The molecule has 1 fully saturated rings. The van der Waals surface area contributed by atoms with Gasteiger partial charge in [-0.05, 0) is 32.1 Å². The van der Waals surface area contributed by atoms with Crippen LogP contribution in [0.4, 0.5) is 0 Å². The second-order valence-electron chi connectivity index (χ2n) is 4.65. The minimum atomic E-state index is 0.404. The maximum atomic E-state index is 4.57. The van der Waals surface area contributed by atoms with E-state index in [4.69, 9.17) is 0 Å². The van der Waals surface area contributed by atoms with Gasteiger partial charge < -0.3 is 9.88 Å². The Morgan fingerprint density at radius 3 is 3.12 bits per heavy atom. The summed E-state index contributed by atoms with van der Waals surface area (Å²) >= 11 is 2.11. The van der Waals surface area contributed by atoms with E-state index in [2.05, 4.69) is 46.8 Å². The highest BCUT2D eigenvalue weighted by Gasteiger charge is 2.27. The number of nitrogens with zero attached hydrogens (tertiary/aromatic N) is 2. The van der Waals surface area contributed by atoms with Crippen LogP contribution in [-0.2, 0) is 6.54 Å². The SMILES string of the molecule is CCCn1ccnc1C(NC)C1CCCCS1. The Hall–Kier alpha value is -0.480. The summed E-state index contributed by atoms with van der Waals surface area (Å²) in [6.07, 6.45) is 9.26. The molecule has 0 saturated carbocycles. The zero-order valence-corrected chi connectivity index (χ0v) is 11.7. The van der Waals surface area contributed by atoms with Crippen molar-refractivity contribution in [3.05, 3.63) is 18.2 Å². The van der Waals surface area contributed by atoms with E-state index in [0.717, 1.165) is 13.0 Å². The van der Waals surface area contributed by atoms with Crippen LogP contribution in [0.25, 0.3) is 0 Å². The molecule has 3 nitrogen and oxygen atoms in total. The molecule has 0 bridgehead atoms. The van der Waals surface area contributed by atoms with Crippen molar-refractivity contribution in [3.63, 3.8) is 0 Å². The number of hydrogen-bond acceptors (Lipinski definition) is 3. The average Bonchev–Trinajstić information content (AvgIpc) is 2.81. The van der Waals surface area contributed by atoms with Gasteiger partial charge in [-0.25, -0.2) is 4.98 Å². The van der Waals surface area contributed by atoms with Gasteiger partial charge in [-0.15, -0.1) is 0 Å². The smallest absolute Gasteiger partial charge is 0.126 e. The number of hydrogen-bond donors (Lipinski definition) is 1. The predicted molar refractivity (Wildman–Crippen MR) is 74.4 cm³/mol. The van der Waals surface area contributed by atoms with Gasteiger partial charge in [0.05, 0.1) is 6.04 Å². The predicted octanol–water partition coefficient (Wildman–Crippen LogP) is 2.84. The van der Waals surface area contributed by atoms with Crippen LogP contribution in [0.1, 0.15) is 44.5 Å². The lowest BCUT2D eigenvalue weighted by atomic mass is 10.1. The molecule has 0 spiro atoms. The lowest BCUT2D eigenvalue weighted by Crippen LogP contribution is -2.31. The average molecular weight is 253 g/mol. The van der Waals surface area contributed by atoms with Gasteiger partial charge in [-0.2, -0.15) is 11.8 Å². The van der Waals surface area contributed by atoms with Gasteiger partial charge >= 0.3 is 0 Å². The van der Waals surface area contributed by atoms with Crippen LogP contribution in [0.15, 0.2) is 12.4 Å². The first-order valence-corrected chi connectivity index (χ1v) is 7.71. The molecule has 0 radical (unpaired) electrons. The van der Waals surface area contributed by atoms with E-state index in [1.165, 1.54) is 30.8 Å². The van der Waals surface area contributed by atoms with Gasteiger partial charge in [0.15, 0.2) is 0 Å². The molecule has 2 rings (SSSR count). The van der Waals surface area contributed by atoms with E-state index >= 15 is 0 Å². The molecule has 2 unspecified atom stereocenters. The van der Waals surface area contributed by atoms with Crippen molar-refractivity contribution in [2.24, 2.45) is 0 Å². The highest BCUT2D eigenvalue weighted by atomic mass is 32.2. The first kappa shape index (κ1) is 13.0. The van der Waals surface area contributed by atoms with E-state index in [1.807, 2.05) is 6.20 Å². The van der Waals surface area contributed by atoms with Crippen molar-refractivity contribution in [2.75, 3.05) is 12.8 Å².